The van der Waals surface area contributed by atoms with E-state index in [0.29, 0.717) is 46.7 Å². The zero-order chi connectivity index (χ0) is 20.9. The van der Waals surface area contributed by atoms with Crippen LogP contribution in [0.15, 0.2) is 75.9 Å². The molecule has 0 bridgehead atoms. The smallest absolute Gasteiger partial charge is 0.283 e. The predicted octanol–water partition coefficient (Wildman–Crippen LogP) is 3.69. The van der Waals surface area contributed by atoms with Gasteiger partial charge in [-0.25, -0.2) is 15.0 Å². The van der Waals surface area contributed by atoms with Gasteiger partial charge in [0, 0.05) is 11.8 Å². The van der Waals surface area contributed by atoms with Crippen LogP contribution in [0.2, 0.25) is 0 Å². The topological polar surface area (TPSA) is 100.0 Å². The van der Waals surface area contributed by atoms with Crippen molar-refractivity contribution in [3.05, 3.63) is 84.2 Å². The summed E-state index contributed by atoms with van der Waals surface area (Å²) >= 11 is 0. The molecule has 0 aliphatic rings. The molecule has 4 aromatic heterocycles. The summed E-state index contributed by atoms with van der Waals surface area (Å²) in [4.78, 5) is 13.3. The second kappa shape index (κ2) is 8.47. The fraction of sp³-hybridized carbons (Fsp3) is 0.0870. The molecule has 0 aliphatic carbocycles. The zero-order valence-electron chi connectivity index (χ0n) is 16.2. The van der Waals surface area contributed by atoms with Gasteiger partial charge in [-0.15, -0.1) is 10.2 Å². The van der Waals surface area contributed by atoms with Crippen LogP contribution in [0.3, 0.4) is 0 Å². The van der Waals surface area contributed by atoms with Crippen LogP contribution in [0.1, 0.15) is 17.1 Å². The standard InChI is InChI=1S/C23H15N5O3/c1-2-6-16(7-3-1)10-11-18-22(26-17-8-4-13-24-21(17)25-18)30-15-12-20-27-28-23(31-20)19-9-5-14-29-19/h1-9,13-14H,12,15H2. The fourth-order valence-corrected chi connectivity index (χ4v) is 2.80. The molecule has 150 valence electrons. The lowest BCUT2D eigenvalue weighted by molar-refractivity contribution is 0.294. The highest BCUT2D eigenvalue weighted by Crippen LogP contribution is 2.19. The Balaban J connectivity index is 1.36. The predicted molar refractivity (Wildman–Crippen MR) is 111 cm³/mol. The number of hydrogen-bond donors (Lipinski definition) is 0. The van der Waals surface area contributed by atoms with E-state index in [1.165, 1.54) is 0 Å². The quantitative estimate of drug-likeness (QED) is 0.405. The lowest BCUT2D eigenvalue weighted by Crippen LogP contribution is -2.06. The Morgan fingerprint density at radius 2 is 1.84 bits per heavy atom. The minimum atomic E-state index is 0.264. The van der Waals surface area contributed by atoms with E-state index in [9.17, 15) is 0 Å². The van der Waals surface area contributed by atoms with Gasteiger partial charge >= 0.3 is 0 Å². The summed E-state index contributed by atoms with van der Waals surface area (Å²) in [5.74, 6) is 7.72. The molecule has 5 aromatic rings. The maximum atomic E-state index is 5.88. The highest BCUT2D eigenvalue weighted by molar-refractivity contribution is 5.71. The molecule has 5 rings (SSSR count). The molecular formula is C23H15N5O3. The summed E-state index contributed by atoms with van der Waals surface area (Å²) in [7, 11) is 0. The van der Waals surface area contributed by atoms with E-state index >= 15 is 0 Å². The summed E-state index contributed by atoms with van der Waals surface area (Å²) < 4.78 is 16.7. The molecule has 0 unspecified atom stereocenters. The number of pyridine rings is 1. The van der Waals surface area contributed by atoms with Gasteiger partial charge in [0.2, 0.25) is 11.8 Å². The summed E-state index contributed by atoms with van der Waals surface area (Å²) in [5, 5.41) is 8.00. The van der Waals surface area contributed by atoms with Crippen LogP contribution in [0.5, 0.6) is 5.88 Å². The monoisotopic (exact) mass is 409 g/mol. The first-order chi connectivity index (χ1) is 15.3. The first kappa shape index (κ1) is 18.5. The molecule has 4 heterocycles. The van der Waals surface area contributed by atoms with Gasteiger partial charge in [-0.1, -0.05) is 24.1 Å². The number of rotatable bonds is 5. The highest BCUT2D eigenvalue weighted by Gasteiger charge is 2.13. The summed E-state index contributed by atoms with van der Waals surface area (Å²) in [6, 6.07) is 16.8. The van der Waals surface area contributed by atoms with Gasteiger partial charge in [-0.3, -0.25) is 0 Å². The SMILES string of the molecule is C(#Cc1nc2ncccc2nc1OCCc1nnc(-c2ccco2)o1)c1ccccc1. The van der Waals surface area contributed by atoms with Crippen molar-refractivity contribution in [2.75, 3.05) is 6.61 Å². The van der Waals surface area contributed by atoms with Crippen LogP contribution < -0.4 is 4.74 Å². The molecule has 0 N–H and O–H groups in total. The Labute approximate surface area is 177 Å². The van der Waals surface area contributed by atoms with Crippen molar-refractivity contribution < 1.29 is 13.6 Å². The van der Waals surface area contributed by atoms with Gasteiger partial charge in [0.1, 0.15) is 5.52 Å². The van der Waals surface area contributed by atoms with Crippen molar-refractivity contribution in [2.24, 2.45) is 0 Å². The molecule has 0 saturated heterocycles. The van der Waals surface area contributed by atoms with Crippen molar-refractivity contribution in [2.45, 2.75) is 6.42 Å². The lowest BCUT2D eigenvalue weighted by Gasteiger charge is -2.06. The molecule has 0 amide bonds. The molecule has 0 atom stereocenters. The lowest BCUT2D eigenvalue weighted by atomic mass is 10.2. The van der Waals surface area contributed by atoms with Gasteiger partial charge in [0.05, 0.1) is 19.3 Å². The van der Waals surface area contributed by atoms with E-state index in [-0.39, 0.29) is 6.61 Å². The van der Waals surface area contributed by atoms with E-state index in [0.717, 1.165) is 5.56 Å². The van der Waals surface area contributed by atoms with Crippen LogP contribution in [0.4, 0.5) is 0 Å². The number of hydrogen-bond acceptors (Lipinski definition) is 8. The molecule has 8 heteroatoms. The van der Waals surface area contributed by atoms with Crippen molar-refractivity contribution in [1.29, 1.82) is 0 Å². The van der Waals surface area contributed by atoms with Crippen molar-refractivity contribution in [3.8, 4) is 29.4 Å². The van der Waals surface area contributed by atoms with Gasteiger partial charge < -0.3 is 13.6 Å². The first-order valence-corrected chi connectivity index (χ1v) is 9.54. The minimum Gasteiger partial charge on any atom is -0.475 e. The Kier molecular flexibility index (Phi) is 5.06. The Morgan fingerprint density at radius 3 is 2.71 bits per heavy atom. The molecule has 0 fully saturated rings. The van der Waals surface area contributed by atoms with Gasteiger partial charge in [0.25, 0.3) is 5.89 Å². The third kappa shape index (κ3) is 4.26. The van der Waals surface area contributed by atoms with E-state index < -0.39 is 0 Å². The van der Waals surface area contributed by atoms with Gasteiger partial charge in [-0.05, 0) is 42.3 Å². The molecule has 31 heavy (non-hydrogen) atoms. The average molecular weight is 409 g/mol. The number of benzene rings is 1. The second-order valence-corrected chi connectivity index (χ2v) is 6.42. The van der Waals surface area contributed by atoms with Crippen LogP contribution in [-0.2, 0) is 6.42 Å². The number of fused-ring (bicyclic) bond motifs is 1. The number of aromatic nitrogens is 5. The van der Waals surface area contributed by atoms with Crippen LogP contribution in [0.25, 0.3) is 22.8 Å². The summed E-state index contributed by atoms with van der Waals surface area (Å²) in [6.07, 6.45) is 3.61. The third-order valence-corrected chi connectivity index (χ3v) is 4.26. The fourth-order valence-electron chi connectivity index (χ4n) is 2.80. The minimum absolute atomic E-state index is 0.264. The molecule has 8 nitrogen and oxygen atoms in total. The van der Waals surface area contributed by atoms with Crippen molar-refractivity contribution in [1.82, 2.24) is 25.1 Å². The van der Waals surface area contributed by atoms with Crippen LogP contribution in [-0.4, -0.2) is 31.8 Å². The maximum absolute atomic E-state index is 5.88. The highest BCUT2D eigenvalue weighted by atomic mass is 16.5. The number of furan rings is 1. The Hall–Kier alpha value is -4.51. The molecule has 0 saturated carbocycles. The average Bonchev–Trinajstić information content (AvgIpc) is 3.50. The number of ether oxygens (including phenoxy) is 1. The van der Waals surface area contributed by atoms with Gasteiger partial charge in [0.15, 0.2) is 17.1 Å². The van der Waals surface area contributed by atoms with E-state index in [1.807, 2.05) is 36.4 Å². The van der Waals surface area contributed by atoms with Crippen LogP contribution >= 0.6 is 0 Å². The third-order valence-electron chi connectivity index (χ3n) is 4.26. The maximum Gasteiger partial charge on any atom is 0.283 e. The zero-order valence-corrected chi connectivity index (χ0v) is 16.2. The van der Waals surface area contributed by atoms with Crippen molar-refractivity contribution >= 4 is 11.2 Å². The van der Waals surface area contributed by atoms with Gasteiger partial charge in [-0.2, -0.15) is 0 Å². The Bertz CT molecular complexity index is 1370. The molecule has 0 spiro atoms. The number of nitrogens with zero attached hydrogens (tertiary/aromatic N) is 5. The normalized spacial score (nSPS) is 10.6. The molecular weight excluding hydrogens is 394 g/mol. The summed E-state index contributed by atoms with van der Waals surface area (Å²) in [5.41, 5.74) is 2.41. The first-order valence-electron chi connectivity index (χ1n) is 9.54. The Morgan fingerprint density at radius 1 is 0.903 bits per heavy atom. The van der Waals surface area contributed by atoms with E-state index in [4.69, 9.17) is 13.6 Å². The van der Waals surface area contributed by atoms with Crippen molar-refractivity contribution in [3.63, 3.8) is 0 Å². The van der Waals surface area contributed by atoms with E-state index in [1.54, 1.807) is 30.7 Å². The van der Waals surface area contributed by atoms with E-state index in [2.05, 4.69) is 37.0 Å². The van der Waals surface area contributed by atoms with Crippen LogP contribution in [0, 0.1) is 11.8 Å². The summed E-state index contributed by atoms with van der Waals surface area (Å²) in [6.45, 7) is 0.264. The largest absolute Gasteiger partial charge is 0.475 e. The molecule has 1 aromatic carbocycles. The molecule has 0 aliphatic heterocycles. The second-order valence-electron chi connectivity index (χ2n) is 6.42. The molecule has 0 radical (unpaired) electrons.